The van der Waals surface area contributed by atoms with Crippen LogP contribution in [0.5, 0.6) is 0 Å². The molecule has 0 bridgehead atoms. The number of carbonyl (C=O) groups is 1. The summed E-state index contributed by atoms with van der Waals surface area (Å²) in [5.41, 5.74) is 7.98. The molecule has 16 heavy (non-hydrogen) atoms. The fourth-order valence-corrected chi connectivity index (χ4v) is 3.75. The predicted octanol–water partition coefficient (Wildman–Crippen LogP) is 1.45. The van der Waals surface area contributed by atoms with E-state index < -0.39 is 12.0 Å². The summed E-state index contributed by atoms with van der Waals surface area (Å²) in [6.07, 6.45) is 0. The molecule has 5 heteroatoms. The van der Waals surface area contributed by atoms with Crippen molar-refractivity contribution in [2.24, 2.45) is 5.73 Å². The normalized spacial score (nSPS) is 11.6. The van der Waals surface area contributed by atoms with Crippen molar-refractivity contribution in [3.05, 3.63) is 35.4 Å². The Balaban J connectivity index is 0.00000225. The molecule has 90 valence electrons. The second kappa shape index (κ2) is 7.91. The molecule has 0 aromatic heterocycles. The summed E-state index contributed by atoms with van der Waals surface area (Å²) in [7, 11) is 0. The molecule has 3 N–H and O–H groups in total. The first-order chi connectivity index (χ1) is 7.09. The molecule has 1 aromatic carbocycles. The van der Waals surface area contributed by atoms with E-state index in [1.54, 1.807) is 0 Å². The van der Waals surface area contributed by atoms with Gasteiger partial charge in [-0.25, -0.2) is 0 Å². The largest absolute Gasteiger partial charge is 0.147 e. The number of hydrogen-bond acceptors (Lipinski definition) is 2. The van der Waals surface area contributed by atoms with E-state index in [9.17, 15) is 4.79 Å². The molecule has 3 nitrogen and oxygen atoms in total. The van der Waals surface area contributed by atoms with Crippen molar-refractivity contribution in [3.8, 4) is 0 Å². The van der Waals surface area contributed by atoms with Crippen molar-refractivity contribution < 1.29 is 9.90 Å². The molecule has 0 aliphatic heterocycles. The molecule has 0 amide bonds. The van der Waals surface area contributed by atoms with Crippen LogP contribution >= 0.6 is 12.4 Å². The molecule has 0 unspecified atom stereocenters. The Morgan fingerprint density at radius 1 is 1.44 bits per heavy atom. The maximum absolute atomic E-state index is 10.5. The monoisotopic (exact) mass is 359 g/mol. The number of rotatable bonds is 5. The van der Waals surface area contributed by atoms with Gasteiger partial charge in [0.2, 0.25) is 0 Å². The van der Waals surface area contributed by atoms with E-state index in [1.165, 1.54) is 11.1 Å². The van der Waals surface area contributed by atoms with Crippen LogP contribution < -0.4 is 5.73 Å². The van der Waals surface area contributed by atoms with Crippen molar-refractivity contribution in [3.63, 3.8) is 0 Å². The molecule has 0 radical (unpaired) electrons. The third-order valence-corrected chi connectivity index (χ3v) is 5.24. The summed E-state index contributed by atoms with van der Waals surface area (Å²) in [5, 5.41) is 8.61. The Kier molecular flexibility index (Phi) is 7.78. The van der Waals surface area contributed by atoms with Crippen LogP contribution in [0.15, 0.2) is 24.3 Å². The van der Waals surface area contributed by atoms with Crippen LogP contribution in [0.4, 0.5) is 0 Å². The van der Waals surface area contributed by atoms with Gasteiger partial charge in [0.15, 0.2) is 0 Å². The number of hydrogen-bond donors (Lipinski definition) is 2. The Morgan fingerprint density at radius 3 is 2.50 bits per heavy atom. The number of aryl methyl sites for hydroxylation is 1. The molecule has 1 rings (SSSR count). The van der Waals surface area contributed by atoms with E-state index in [0.717, 1.165) is 4.47 Å². The molecule has 0 saturated heterocycles. The minimum atomic E-state index is -0.885. The number of benzene rings is 1. The minimum absolute atomic E-state index is 0. The van der Waals surface area contributed by atoms with Crippen molar-refractivity contribution in [2.45, 2.75) is 21.9 Å². The van der Waals surface area contributed by atoms with Crippen LogP contribution in [0.25, 0.3) is 0 Å². The second-order valence-electron chi connectivity index (χ2n) is 3.45. The maximum atomic E-state index is 10.5. The van der Waals surface area contributed by atoms with Gasteiger partial charge in [-0.2, -0.15) is 0 Å². The number of carboxylic acids is 1. The summed E-state index contributed by atoms with van der Waals surface area (Å²) in [6.45, 7) is 2.06. The van der Waals surface area contributed by atoms with Crippen LogP contribution in [0.2, 0.25) is 4.47 Å². The fraction of sp³-hybridized carbons (Fsp3) is 0.364. The maximum Gasteiger partial charge on any atom is -0.147 e. The summed E-state index contributed by atoms with van der Waals surface area (Å²) in [5.74, 6) is -0.885. The topological polar surface area (TPSA) is 63.3 Å². The first-order valence-corrected chi connectivity index (χ1v) is 8.01. The average Bonchev–Trinajstić information content (AvgIpc) is 2.20. The van der Waals surface area contributed by atoms with E-state index in [0.29, 0.717) is 4.47 Å². The van der Waals surface area contributed by atoms with Crippen LogP contribution in [0.3, 0.4) is 0 Å². The molecular weight excluding hydrogens is 341 g/mol. The molecule has 0 aliphatic rings. The quantitative estimate of drug-likeness (QED) is 0.784. The third kappa shape index (κ3) is 5.72. The molecule has 0 saturated carbocycles. The minimum Gasteiger partial charge on any atom is -0.147 e. The van der Waals surface area contributed by atoms with E-state index in [-0.39, 0.29) is 33.3 Å². The van der Waals surface area contributed by atoms with Crippen LogP contribution in [-0.4, -0.2) is 38.0 Å². The fourth-order valence-electron chi connectivity index (χ4n) is 1.06. The predicted molar refractivity (Wildman–Crippen MR) is 68.3 cm³/mol. The van der Waals surface area contributed by atoms with Gasteiger partial charge in [-0.15, -0.1) is 12.4 Å². The van der Waals surface area contributed by atoms with Gasteiger partial charge in [0.05, 0.1) is 0 Å². The van der Waals surface area contributed by atoms with Crippen molar-refractivity contribution in [1.29, 1.82) is 0 Å². The van der Waals surface area contributed by atoms with Gasteiger partial charge in [-0.05, 0) is 0 Å². The van der Waals surface area contributed by atoms with E-state index in [1.807, 2.05) is 0 Å². The molecule has 0 fully saturated rings. The number of carboxylic acid groups (broad SMARTS) is 1. The Labute approximate surface area is 112 Å². The van der Waals surface area contributed by atoms with E-state index in [2.05, 4.69) is 31.2 Å². The molecule has 1 atom stereocenters. The van der Waals surface area contributed by atoms with Gasteiger partial charge in [0.25, 0.3) is 0 Å². The van der Waals surface area contributed by atoms with Crippen LogP contribution in [0.1, 0.15) is 11.1 Å². The zero-order chi connectivity index (χ0) is 11.3. The average molecular weight is 357 g/mol. The smallest absolute Gasteiger partial charge is 0.147 e. The number of halogens is 1. The zero-order valence-electron chi connectivity index (χ0n) is 9.05. The van der Waals surface area contributed by atoms with Crippen molar-refractivity contribution >= 4 is 39.3 Å². The standard InChI is InChI=1S/C11H15NO2Te.ClH/c1-8-2-4-9(5-3-8)6-15-7-10(12)11(13)14;/h2-5,10H,6-7,12H2,1H3,(H,13,14);1H/t10-;/m0./s1. The van der Waals surface area contributed by atoms with Crippen LogP contribution in [-0.2, 0) is 9.26 Å². The third-order valence-electron chi connectivity index (χ3n) is 2.00. The summed E-state index contributed by atoms with van der Waals surface area (Å²) >= 11 is -0.318. The van der Waals surface area contributed by atoms with Crippen molar-refractivity contribution in [2.75, 3.05) is 0 Å². The van der Waals surface area contributed by atoms with Gasteiger partial charge >= 0.3 is 99.8 Å². The summed E-state index contributed by atoms with van der Waals surface area (Å²) in [4.78, 5) is 10.5. The molecule has 0 heterocycles. The van der Waals surface area contributed by atoms with E-state index in [4.69, 9.17) is 10.8 Å². The molecule has 0 spiro atoms. The first-order valence-electron chi connectivity index (χ1n) is 4.71. The van der Waals surface area contributed by atoms with Gasteiger partial charge < -0.3 is 0 Å². The van der Waals surface area contributed by atoms with Gasteiger partial charge in [0.1, 0.15) is 0 Å². The summed E-state index contributed by atoms with van der Waals surface area (Å²) < 4.78 is 1.68. The second-order valence-corrected chi connectivity index (χ2v) is 6.39. The Morgan fingerprint density at radius 2 is 2.00 bits per heavy atom. The van der Waals surface area contributed by atoms with Gasteiger partial charge in [0, 0.05) is 0 Å². The van der Waals surface area contributed by atoms with Crippen LogP contribution in [0, 0.1) is 6.92 Å². The van der Waals surface area contributed by atoms with E-state index >= 15 is 0 Å². The van der Waals surface area contributed by atoms with Gasteiger partial charge in [-0.1, -0.05) is 0 Å². The first kappa shape index (κ1) is 15.7. The SMILES string of the molecule is Cc1ccc(C[Te]C[C@H](N)C(=O)O)cc1.Cl. The Bertz CT molecular complexity index is 329. The number of nitrogens with two attached hydrogens (primary N) is 1. The molecule has 1 aromatic rings. The zero-order valence-corrected chi connectivity index (χ0v) is 12.2. The molecular formula is C11H16ClNO2Te. The van der Waals surface area contributed by atoms with Gasteiger partial charge in [-0.3, -0.25) is 0 Å². The number of aliphatic carboxylic acids is 1. The molecule has 0 aliphatic carbocycles. The Hall–Kier alpha value is -0.270. The van der Waals surface area contributed by atoms with Crippen molar-refractivity contribution in [1.82, 2.24) is 0 Å². The summed E-state index contributed by atoms with van der Waals surface area (Å²) in [6, 6.07) is 7.70.